The molecule has 17 heavy (non-hydrogen) atoms. The van der Waals surface area contributed by atoms with Crippen LogP contribution in [0.2, 0.25) is 0 Å². The minimum absolute atomic E-state index is 0.651. The molecule has 4 heteroatoms. The van der Waals surface area contributed by atoms with Gasteiger partial charge >= 0.3 is 0 Å². The van der Waals surface area contributed by atoms with Gasteiger partial charge in [0.15, 0.2) is 0 Å². The number of hydrogen-bond acceptors (Lipinski definition) is 2. The van der Waals surface area contributed by atoms with Crippen LogP contribution < -0.4 is 16.6 Å². The molecule has 0 fully saturated rings. The number of rotatable bonds is 5. The van der Waals surface area contributed by atoms with Gasteiger partial charge in [-0.3, -0.25) is 5.43 Å². The van der Waals surface area contributed by atoms with Gasteiger partial charge in [0.05, 0.1) is 6.54 Å². The lowest BCUT2D eigenvalue weighted by molar-refractivity contribution is 0.789. The third-order valence-electron chi connectivity index (χ3n) is 2.59. The molecule has 0 amide bonds. The zero-order chi connectivity index (χ0) is 12.5. The summed E-state index contributed by atoms with van der Waals surface area (Å²) >= 11 is 0. The van der Waals surface area contributed by atoms with E-state index in [4.69, 9.17) is 5.84 Å². The van der Waals surface area contributed by atoms with Gasteiger partial charge in [-0.2, -0.15) is 0 Å². The molecule has 0 aromatic heterocycles. The highest BCUT2D eigenvalue weighted by molar-refractivity contribution is 5.79. The van der Waals surface area contributed by atoms with Crippen LogP contribution in [-0.4, -0.2) is 12.5 Å². The van der Waals surface area contributed by atoms with Crippen LogP contribution in [0.3, 0.4) is 0 Å². The highest BCUT2D eigenvalue weighted by atomic mass is 15.3. The van der Waals surface area contributed by atoms with Gasteiger partial charge in [-0.1, -0.05) is 38.1 Å². The molecule has 0 aliphatic heterocycles. The van der Waals surface area contributed by atoms with Crippen molar-refractivity contribution in [1.82, 2.24) is 10.7 Å². The summed E-state index contributed by atoms with van der Waals surface area (Å²) in [6.45, 7) is 5.78. The molecular weight excluding hydrogens is 212 g/mol. The number of aliphatic imine (C=N–C) groups is 1. The van der Waals surface area contributed by atoms with Crippen LogP contribution in [0, 0.1) is 0 Å². The van der Waals surface area contributed by atoms with Crippen molar-refractivity contribution >= 4 is 5.96 Å². The van der Waals surface area contributed by atoms with E-state index in [2.05, 4.69) is 47.8 Å². The third-order valence-corrected chi connectivity index (χ3v) is 2.59. The van der Waals surface area contributed by atoms with Crippen LogP contribution in [0.1, 0.15) is 31.4 Å². The Kier molecular flexibility index (Phi) is 6.10. The van der Waals surface area contributed by atoms with E-state index < -0.39 is 0 Å². The van der Waals surface area contributed by atoms with E-state index in [0.717, 1.165) is 19.4 Å². The normalized spacial score (nSPS) is 11.4. The molecule has 1 rings (SSSR count). The second-order valence-electron chi connectivity index (χ2n) is 3.86. The van der Waals surface area contributed by atoms with Gasteiger partial charge in [0.1, 0.15) is 0 Å². The van der Waals surface area contributed by atoms with Gasteiger partial charge in [-0.05, 0) is 24.0 Å². The van der Waals surface area contributed by atoms with Gasteiger partial charge in [-0.25, -0.2) is 10.8 Å². The fourth-order valence-electron chi connectivity index (χ4n) is 1.62. The monoisotopic (exact) mass is 234 g/mol. The van der Waals surface area contributed by atoms with Crippen molar-refractivity contribution in [1.29, 1.82) is 0 Å². The number of hydrogen-bond donors (Lipinski definition) is 3. The molecular formula is C13H22N4. The minimum atomic E-state index is 0.651. The minimum Gasteiger partial charge on any atom is -0.355 e. The van der Waals surface area contributed by atoms with E-state index in [1.807, 2.05) is 6.07 Å². The van der Waals surface area contributed by atoms with E-state index in [-0.39, 0.29) is 0 Å². The summed E-state index contributed by atoms with van der Waals surface area (Å²) in [5, 5.41) is 3.14. The number of hydrazine groups is 1. The SMILES string of the molecule is CCCNC(=NCc1ccccc1CC)NN. The van der Waals surface area contributed by atoms with E-state index in [0.29, 0.717) is 12.5 Å². The highest BCUT2D eigenvalue weighted by Crippen LogP contribution is 2.10. The fraction of sp³-hybridized carbons (Fsp3) is 0.462. The number of benzene rings is 1. The molecule has 4 nitrogen and oxygen atoms in total. The Balaban J connectivity index is 2.66. The lowest BCUT2D eigenvalue weighted by atomic mass is 10.1. The van der Waals surface area contributed by atoms with Crippen LogP contribution in [0.25, 0.3) is 0 Å². The van der Waals surface area contributed by atoms with Crippen LogP contribution in [0.15, 0.2) is 29.3 Å². The molecule has 0 saturated heterocycles. The summed E-state index contributed by atoms with van der Waals surface area (Å²) in [4.78, 5) is 4.43. The molecule has 1 aromatic rings. The smallest absolute Gasteiger partial charge is 0.206 e. The molecule has 1 aromatic carbocycles. The molecule has 0 aliphatic carbocycles. The van der Waals surface area contributed by atoms with Gasteiger partial charge in [0.25, 0.3) is 0 Å². The van der Waals surface area contributed by atoms with Crippen molar-refractivity contribution in [2.45, 2.75) is 33.2 Å². The zero-order valence-corrected chi connectivity index (χ0v) is 10.7. The Morgan fingerprint density at radius 1 is 1.24 bits per heavy atom. The topological polar surface area (TPSA) is 62.4 Å². The third kappa shape index (κ3) is 4.44. The Hall–Kier alpha value is -1.55. The van der Waals surface area contributed by atoms with E-state index in [1.165, 1.54) is 11.1 Å². The standard InChI is InChI=1S/C13H22N4/c1-3-9-15-13(17-14)16-10-12-8-6-5-7-11(12)4-2/h5-8H,3-4,9-10,14H2,1-2H3,(H2,15,16,17). The summed E-state index contributed by atoms with van der Waals surface area (Å²) in [7, 11) is 0. The molecule has 4 N–H and O–H groups in total. The van der Waals surface area contributed by atoms with Crippen molar-refractivity contribution in [3.05, 3.63) is 35.4 Å². The van der Waals surface area contributed by atoms with Crippen LogP contribution in [0.5, 0.6) is 0 Å². The zero-order valence-electron chi connectivity index (χ0n) is 10.7. The van der Waals surface area contributed by atoms with E-state index in [9.17, 15) is 0 Å². The average Bonchev–Trinajstić information content (AvgIpc) is 2.39. The lowest BCUT2D eigenvalue weighted by Gasteiger charge is -2.09. The maximum absolute atomic E-state index is 5.40. The number of nitrogens with two attached hydrogens (primary N) is 1. The lowest BCUT2D eigenvalue weighted by Crippen LogP contribution is -2.41. The van der Waals surface area contributed by atoms with Crippen LogP contribution in [-0.2, 0) is 13.0 Å². The Morgan fingerprint density at radius 3 is 2.53 bits per heavy atom. The Labute approximate surface area is 103 Å². The van der Waals surface area contributed by atoms with Crippen molar-refractivity contribution < 1.29 is 0 Å². The maximum Gasteiger partial charge on any atom is 0.206 e. The van der Waals surface area contributed by atoms with Crippen molar-refractivity contribution in [2.75, 3.05) is 6.54 Å². The predicted octanol–water partition coefficient (Wildman–Crippen LogP) is 1.57. The first-order valence-electron chi connectivity index (χ1n) is 6.13. The molecule has 0 atom stereocenters. The molecule has 94 valence electrons. The summed E-state index contributed by atoms with van der Waals surface area (Å²) < 4.78 is 0. The summed E-state index contributed by atoms with van der Waals surface area (Å²) in [5.41, 5.74) is 5.17. The second kappa shape index (κ2) is 7.68. The van der Waals surface area contributed by atoms with Gasteiger partial charge in [0.2, 0.25) is 5.96 Å². The summed E-state index contributed by atoms with van der Waals surface area (Å²) in [6.07, 6.45) is 2.08. The van der Waals surface area contributed by atoms with Crippen molar-refractivity contribution in [3.63, 3.8) is 0 Å². The van der Waals surface area contributed by atoms with Crippen molar-refractivity contribution in [3.8, 4) is 0 Å². The second-order valence-corrected chi connectivity index (χ2v) is 3.86. The first kappa shape index (κ1) is 13.5. The number of nitrogens with zero attached hydrogens (tertiary/aromatic N) is 1. The molecule has 0 spiro atoms. The molecule has 0 radical (unpaired) electrons. The number of guanidine groups is 1. The number of nitrogens with one attached hydrogen (secondary N) is 2. The van der Waals surface area contributed by atoms with Gasteiger partial charge in [-0.15, -0.1) is 0 Å². The largest absolute Gasteiger partial charge is 0.355 e. The highest BCUT2D eigenvalue weighted by Gasteiger charge is 1.99. The van der Waals surface area contributed by atoms with Crippen LogP contribution >= 0.6 is 0 Å². The molecule has 0 bridgehead atoms. The Bertz CT molecular complexity index is 360. The molecule has 0 saturated carbocycles. The number of aryl methyl sites for hydroxylation is 1. The average molecular weight is 234 g/mol. The quantitative estimate of drug-likeness (QED) is 0.314. The predicted molar refractivity (Wildman–Crippen MR) is 72.6 cm³/mol. The molecule has 0 unspecified atom stereocenters. The van der Waals surface area contributed by atoms with Crippen molar-refractivity contribution in [2.24, 2.45) is 10.8 Å². The summed E-state index contributed by atoms with van der Waals surface area (Å²) in [5.74, 6) is 6.06. The molecule has 0 aliphatic rings. The van der Waals surface area contributed by atoms with Gasteiger partial charge < -0.3 is 5.32 Å². The maximum atomic E-state index is 5.40. The molecule has 0 heterocycles. The van der Waals surface area contributed by atoms with E-state index >= 15 is 0 Å². The first-order chi connectivity index (χ1) is 8.31. The van der Waals surface area contributed by atoms with E-state index in [1.54, 1.807) is 0 Å². The van der Waals surface area contributed by atoms with Gasteiger partial charge in [0, 0.05) is 6.54 Å². The first-order valence-corrected chi connectivity index (χ1v) is 6.13. The van der Waals surface area contributed by atoms with Crippen LogP contribution in [0.4, 0.5) is 0 Å². The Morgan fingerprint density at radius 2 is 1.94 bits per heavy atom. The fourth-order valence-corrected chi connectivity index (χ4v) is 1.62. The summed E-state index contributed by atoms with van der Waals surface area (Å²) in [6, 6.07) is 8.35.